The number of carbonyl (C=O) groups is 1. The number of rotatable bonds is 10. The summed E-state index contributed by atoms with van der Waals surface area (Å²) in [5.74, 6) is 0.0922. The minimum Gasteiger partial charge on any atom is -0.497 e. The third-order valence-electron chi connectivity index (χ3n) is 6.43. The summed E-state index contributed by atoms with van der Waals surface area (Å²) in [5, 5.41) is 4.13. The van der Waals surface area contributed by atoms with Gasteiger partial charge in [-0.05, 0) is 63.2 Å². The Morgan fingerprint density at radius 3 is 2.30 bits per heavy atom. The Kier molecular flexibility index (Phi) is 8.59. The van der Waals surface area contributed by atoms with Gasteiger partial charge in [0.05, 0.1) is 31.0 Å². The van der Waals surface area contributed by atoms with Gasteiger partial charge in [-0.25, -0.2) is 13.8 Å². The highest BCUT2D eigenvalue weighted by Gasteiger charge is 2.29. The number of anilines is 1. The van der Waals surface area contributed by atoms with Crippen molar-refractivity contribution in [2.75, 3.05) is 25.1 Å². The number of aryl methyl sites for hydroxylation is 2. The molecule has 0 fully saturated rings. The van der Waals surface area contributed by atoms with E-state index in [0.717, 1.165) is 26.9 Å². The van der Waals surface area contributed by atoms with Crippen molar-refractivity contribution < 1.29 is 22.7 Å². The van der Waals surface area contributed by atoms with Gasteiger partial charge in [0, 0.05) is 28.7 Å². The molecule has 3 aromatic carbocycles. The Morgan fingerprint density at radius 2 is 1.65 bits per heavy atom. The second-order valence-electron chi connectivity index (χ2n) is 9.15. The monoisotopic (exact) mass is 560 g/mol. The molecule has 0 saturated carbocycles. The van der Waals surface area contributed by atoms with E-state index in [-0.39, 0.29) is 16.3 Å². The zero-order chi connectivity index (χ0) is 28.9. The maximum absolute atomic E-state index is 13.6. The molecule has 4 rings (SSSR count). The van der Waals surface area contributed by atoms with Gasteiger partial charge in [-0.1, -0.05) is 35.9 Å². The van der Waals surface area contributed by atoms with E-state index in [1.807, 2.05) is 39.0 Å². The number of hydrazone groups is 1. The maximum Gasteiger partial charge on any atom is 0.264 e. The van der Waals surface area contributed by atoms with E-state index in [4.69, 9.17) is 9.47 Å². The Morgan fingerprint density at radius 1 is 0.950 bits per heavy atom. The van der Waals surface area contributed by atoms with E-state index >= 15 is 0 Å². The summed E-state index contributed by atoms with van der Waals surface area (Å²) in [6.07, 6.45) is 1.55. The van der Waals surface area contributed by atoms with Gasteiger partial charge in [0.25, 0.3) is 15.9 Å². The minimum absolute atomic E-state index is 0.0349. The molecule has 0 saturated heterocycles. The number of methoxy groups -OCH3 is 2. The van der Waals surface area contributed by atoms with Crippen molar-refractivity contribution in [1.82, 2.24) is 9.99 Å². The maximum atomic E-state index is 13.6. The standard InChI is InChI=1S/C30H32N4O5S/c1-21-11-13-25(14-12-21)34-22(2)17-24(23(34)3)19-31-32-30(35)20-33(40(36,37)27-9-7-6-8-10-27)28-16-15-26(38-4)18-29(28)39-5/h6-19H,20H2,1-5H3,(H,32,35)/b31-19-. The summed E-state index contributed by atoms with van der Waals surface area (Å²) in [6, 6.07) is 22.8. The number of hydrogen-bond donors (Lipinski definition) is 1. The van der Waals surface area contributed by atoms with Crippen LogP contribution in [0.1, 0.15) is 22.5 Å². The average Bonchev–Trinajstić information content (AvgIpc) is 3.24. The molecule has 1 aromatic heterocycles. The van der Waals surface area contributed by atoms with Gasteiger partial charge in [-0.3, -0.25) is 9.10 Å². The molecule has 4 aromatic rings. The Balaban J connectivity index is 1.59. The minimum atomic E-state index is -4.12. The van der Waals surface area contributed by atoms with Crippen LogP contribution >= 0.6 is 0 Å². The first-order valence-electron chi connectivity index (χ1n) is 12.5. The summed E-state index contributed by atoms with van der Waals surface area (Å²) in [6.45, 7) is 5.48. The van der Waals surface area contributed by atoms with Crippen LogP contribution in [0.15, 0.2) is 88.9 Å². The van der Waals surface area contributed by atoms with Gasteiger partial charge in [0.1, 0.15) is 18.0 Å². The lowest BCUT2D eigenvalue weighted by Crippen LogP contribution is -2.39. The van der Waals surface area contributed by atoms with Crippen molar-refractivity contribution in [3.8, 4) is 17.2 Å². The molecule has 9 nitrogen and oxygen atoms in total. The lowest BCUT2D eigenvalue weighted by Gasteiger charge is -2.25. The van der Waals surface area contributed by atoms with Crippen LogP contribution in [0.5, 0.6) is 11.5 Å². The first-order chi connectivity index (χ1) is 19.1. The fourth-order valence-electron chi connectivity index (χ4n) is 4.36. The van der Waals surface area contributed by atoms with Crippen molar-refractivity contribution in [2.24, 2.45) is 5.10 Å². The predicted octanol–water partition coefficient (Wildman–Crippen LogP) is 4.77. The van der Waals surface area contributed by atoms with Gasteiger partial charge >= 0.3 is 0 Å². The first kappa shape index (κ1) is 28.4. The lowest BCUT2D eigenvalue weighted by atomic mass is 10.2. The predicted molar refractivity (Wildman–Crippen MR) is 156 cm³/mol. The summed E-state index contributed by atoms with van der Waals surface area (Å²) in [4.78, 5) is 13.1. The zero-order valence-electron chi connectivity index (χ0n) is 23.1. The first-order valence-corrected chi connectivity index (χ1v) is 14.0. The van der Waals surface area contributed by atoms with Crippen LogP contribution < -0.4 is 19.2 Å². The molecule has 0 aliphatic heterocycles. The quantitative estimate of drug-likeness (QED) is 0.223. The van der Waals surface area contributed by atoms with Crippen LogP contribution in [0.4, 0.5) is 5.69 Å². The average molecular weight is 561 g/mol. The van der Waals surface area contributed by atoms with Crippen molar-refractivity contribution in [3.05, 3.63) is 101 Å². The number of nitrogens with zero attached hydrogens (tertiary/aromatic N) is 3. The molecule has 0 spiro atoms. The third-order valence-corrected chi connectivity index (χ3v) is 8.20. The number of aromatic nitrogens is 1. The highest BCUT2D eigenvalue weighted by atomic mass is 32.2. The molecular formula is C30H32N4O5S. The number of ether oxygens (including phenoxy) is 2. The van der Waals surface area contributed by atoms with Crippen LogP contribution in [0.2, 0.25) is 0 Å². The highest BCUT2D eigenvalue weighted by molar-refractivity contribution is 7.92. The van der Waals surface area contributed by atoms with E-state index < -0.39 is 22.5 Å². The fourth-order valence-corrected chi connectivity index (χ4v) is 5.81. The topological polar surface area (TPSA) is 102 Å². The van der Waals surface area contributed by atoms with Crippen LogP contribution in [0.25, 0.3) is 5.69 Å². The van der Waals surface area contributed by atoms with E-state index in [2.05, 4.69) is 27.2 Å². The van der Waals surface area contributed by atoms with Gasteiger partial charge in [0.15, 0.2) is 0 Å². The number of benzene rings is 3. The summed E-state index contributed by atoms with van der Waals surface area (Å²) in [5.41, 5.74) is 7.65. The van der Waals surface area contributed by atoms with E-state index in [1.165, 1.54) is 38.0 Å². The van der Waals surface area contributed by atoms with Gasteiger partial charge in [-0.15, -0.1) is 0 Å². The molecule has 0 aliphatic rings. The van der Waals surface area contributed by atoms with Crippen LogP contribution in [0.3, 0.4) is 0 Å². The molecule has 208 valence electrons. The lowest BCUT2D eigenvalue weighted by molar-refractivity contribution is -0.119. The van der Waals surface area contributed by atoms with Gasteiger partial charge < -0.3 is 14.0 Å². The molecule has 0 radical (unpaired) electrons. The third kappa shape index (κ3) is 6.02. The molecule has 0 aliphatic carbocycles. The van der Waals surface area contributed by atoms with Crippen molar-refractivity contribution in [1.29, 1.82) is 0 Å². The van der Waals surface area contributed by atoms with E-state index in [0.29, 0.717) is 5.75 Å². The molecule has 0 bridgehead atoms. The van der Waals surface area contributed by atoms with E-state index in [1.54, 1.807) is 36.5 Å². The SMILES string of the molecule is COc1ccc(N(CC(=O)N/N=C\c2cc(C)n(-c3ccc(C)cc3)c2C)S(=O)(=O)c2ccccc2)c(OC)c1. The highest BCUT2D eigenvalue weighted by Crippen LogP contribution is 2.35. The summed E-state index contributed by atoms with van der Waals surface area (Å²) >= 11 is 0. The molecule has 1 amide bonds. The number of hydrogen-bond acceptors (Lipinski definition) is 6. The second-order valence-corrected chi connectivity index (χ2v) is 11.0. The Labute approximate surface area is 234 Å². The van der Waals surface area contributed by atoms with Crippen LogP contribution in [0, 0.1) is 20.8 Å². The molecule has 0 unspecified atom stereocenters. The van der Waals surface area contributed by atoms with E-state index in [9.17, 15) is 13.2 Å². The normalized spacial score (nSPS) is 11.4. The summed E-state index contributed by atoms with van der Waals surface area (Å²) in [7, 11) is -1.21. The van der Waals surface area contributed by atoms with Crippen molar-refractivity contribution in [2.45, 2.75) is 25.7 Å². The molecule has 0 atom stereocenters. The molecule has 40 heavy (non-hydrogen) atoms. The Hall–Kier alpha value is -4.57. The van der Waals surface area contributed by atoms with Crippen molar-refractivity contribution in [3.63, 3.8) is 0 Å². The number of carbonyl (C=O) groups excluding carboxylic acids is 1. The molecule has 10 heteroatoms. The van der Waals surface area contributed by atoms with Crippen LogP contribution in [-0.4, -0.2) is 45.9 Å². The zero-order valence-corrected chi connectivity index (χ0v) is 23.9. The molecule has 1 heterocycles. The second kappa shape index (κ2) is 12.1. The number of sulfonamides is 1. The fraction of sp³-hybridized carbons (Fsp3) is 0.200. The molecular weight excluding hydrogens is 528 g/mol. The largest absolute Gasteiger partial charge is 0.497 e. The summed E-state index contributed by atoms with van der Waals surface area (Å²) < 4.78 is 41.1. The Bertz CT molecular complexity index is 1630. The van der Waals surface area contributed by atoms with Gasteiger partial charge in [-0.2, -0.15) is 5.10 Å². The smallest absolute Gasteiger partial charge is 0.264 e. The number of amides is 1. The van der Waals surface area contributed by atoms with Crippen LogP contribution in [-0.2, 0) is 14.8 Å². The molecule has 1 N–H and O–H groups in total. The number of nitrogens with one attached hydrogen (secondary N) is 1. The van der Waals surface area contributed by atoms with Crippen molar-refractivity contribution >= 4 is 27.8 Å². The van der Waals surface area contributed by atoms with Gasteiger partial charge in [0.2, 0.25) is 0 Å².